The number of carbonyl (C=O) groups excluding carboxylic acids is 1. The Balaban J connectivity index is 2.29. The zero-order valence-corrected chi connectivity index (χ0v) is 8.74. The Morgan fingerprint density at radius 3 is 2.73 bits per heavy atom. The molecule has 1 aliphatic carbocycles. The summed E-state index contributed by atoms with van der Waals surface area (Å²) >= 11 is 0. The van der Waals surface area contributed by atoms with Crippen LogP contribution in [0.2, 0.25) is 0 Å². The standard InChI is InChI=1S/C12H14FNO/c1-14(11-3-2-4-11)12-6-5-10(13)7-9(12)8-15/h5-8,11H,2-4H2,1H3. The van der Waals surface area contributed by atoms with Crippen LogP contribution < -0.4 is 4.90 Å². The first-order valence-electron chi connectivity index (χ1n) is 5.20. The van der Waals surface area contributed by atoms with Crippen LogP contribution in [0.3, 0.4) is 0 Å². The average Bonchev–Trinajstić information content (AvgIpc) is 2.14. The molecule has 2 rings (SSSR count). The van der Waals surface area contributed by atoms with Gasteiger partial charge in [0, 0.05) is 24.3 Å². The number of carbonyl (C=O) groups is 1. The van der Waals surface area contributed by atoms with Gasteiger partial charge in [-0.3, -0.25) is 4.79 Å². The Morgan fingerprint density at radius 2 is 2.20 bits per heavy atom. The molecular weight excluding hydrogens is 193 g/mol. The smallest absolute Gasteiger partial charge is 0.152 e. The van der Waals surface area contributed by atoms with E-state index in [1.807, 2.05) is 7.05 Å². The minimum Gasteiger partial charge on any atom is -0.371 e. The van der Waals surface area contributed by atoms with Gasteiger partial charge in [0.2, 0.25) is 0 Å². The van der Waals surface area contributed by atoms with Crippen molar-refractivity contribution in [1.29, 1.82) is 0 Å². The molecule has 1 fully saturated rings. The molecule has 0 bridgehead atoms. The maximum absolute atomic E-state index is 12.9. The predicted octanol–water partition coefficient (Wildman–Crippen LogP) is 2.63. The minimum absolute atomic E-state index is 0.358. The lowest BCUT2D eigenvalue weighted by atomic mass is 9.91. The van der Waals surface area contributed by atoms with E-state index in [9.17, 15) is 9.18 Å². The Morgan fingerprint density at radius 1 is 1.47 bits per heavy atom. The van der Waals surface area contributed by atoms with Crippen LogP contribution in [0, 0.1) is 5.82 Å². The minimum atomic E-state index is -0.358. The van der Waals surface area contributed by atoms with Gasteiger partial charge < -0.3 is 4.90 Å². The second kappa shape index (κ2) is 4.01. The molecule has 3 heteroatoms. The van der Waals surface area contributed by atoms with Gasteiger partial charge in [-0.15, -0.1) is 0 Å². The number of hydrogen-bond donors (Lipinski definition) is 0. The summed E-state index contributed by atoms with van der Waals surface area (Å²) in [5, 5.41) is 0. The molecule has 1 saturated carbocycles. The molecule has 1 aromatic carbocycles. The van der Waals surface area contributed by atoms with Crippen molar-refractivity contribution in [3.8, 4) is 0 Å². The molecule has 0 N–H and O–H groups in total. The Kier molecular flexibility index (Phi) is 2.71. The van der Waals surface area contributed by atoms with Crippen LogP contribution in [-0.2, 0) is 0 Å². The van der Waals surface area contributed by atoms with Gasteiger partial charge in [0.1, 0.15) is 5.82 Å². The second-order valence-corrected chi connectivity index (χ2v) is 4.02. The molecule has 2 nitrogen and oxygen atoms in total. The SMILES string of the molecule is CN(c1ccc(F)cc1C=O)C1CCC1. The van der Waals surface area contributed by atoms with Crippen LogP contribution in [0.25, 0.3) is 0 Å². The summed E-state index contributed by atoms with van der Waals surface area (Å²) in [5.74, 6) is -0.358. The summed E-state index contributed by atoms with van der Waals surface area (Å²) < 4.78 is 12.9. The van der Waals surface area contributed by atoms with E-state index in [0.29, 0.717) is 17.9 Å². The summed E-state index contributed by atoms with van der Waals surface area (Å²) in [7, 11) is 1.96. The van der Waals surface area contributed by atoms with Gasteiger partial charge in [-0.05, 0) is 37.5 Å². The van der Waals surface area contributed by atoms with E-state index in [0.717, 1.165) is 18.5 Å². The van der Waals surface area contributed by atoms with E-state index in [-0.39, 0.29) is 5.82 Å². The highest BCUT2D eigenvalue weighted by Crippen LogP contribution is 2.29. The normalized spacial score (nSPS) is 15.9. The topological polar surface area (TPSA) is 20.3 Å². The fourth-order valence-electron chi connectivity index (χ4n) is 1.91. The summed E-state index contributed by atoms with van der Waals surface area (Å²) in [6.45, 7) is 0. The zero-order chi connectivity index (χ0) is 10.8. The van der Waals surface area contributed by atoms with Crippen LogP contribution in [-0.4, -0.2) is 19.4 Å². The van der Waals surface area contributed by atoms with Crippen LogP contribution in [0.5, 0.6) is 0 Å². The molecule has 0 aliphatic heterocycles. The van der Waals surface area contributed by atoms with Crippen LogP contribution >= 0.6 is 0 Å². The van der Waals surface area contributed by atoms with E-state index in [2.05, 4.69) is 4.90 Å². The van der Waals surface area contributed by atoms with Crippen molar-refractivity contribution in [1.82, 2.24) is 0 Å². The number of aldehydes is 1. The molecule has 80 valence electrons. The molecule has 1 aliphatic rings. The van der Waals surface area contributed by atoms with Crippen molar-refractivity contribution >= 4 is 12.0 Å². The molecule has 1 aromatic rings. The highest BCUT2D eigenvalue weighted by atomic mass is 19.1. The zero-order valence-electron chi connectivity index (χ0n) is 8.74. The summed E-state index contributed by atoms with van der Waals surface area (Å²) in [4.78, 5) is 12.9. The highest BCUT2D eigenvalue weighted by molar-refractivity contribution is 5.84. The van der Waals surface area contributed by atoms with Crippen molar-refractivity contribution in [2.24, 2.45) is 0 Å². The van der Waals surface area contributed by atoms with Crippen molar-refractivity contribution in [3.63, 3.8) is 0 Å². The second-order valence-electron chi connectivity index (χ2n) is 4.02. The lowest BCUT2D eigenvalue weighted by Gasteiger charge is -2.36. The number of hydrogen-bond acceptors (Lipinski definition) is 2. The molecule has 0 atom stereocenters. The number of anilines is 1. The first-order valence-corrected chi connectivity index (χ1v) is 5.20. The van der Waals surface area contributed by atoms with Gasteiger partial charge >= 0.3 is 0 Å². The van der Waals surface area contributed by atoms with Gasteiger partial charge in [-0.2, -0.15) is 0 Å². The van der Waals surface area contributed by atoms with E-state index < -0.39 is 0 Å². The Labute approximate surface area is 88.7 Å². The van der Waals surface area contributed by atoms with E-state index in [1.54, 1.807) is 6.07 Å². The molecule has 15 heavy (non-hydrogen) atoms. The summed E-state index contributed by atoms with van der Waals surface area (Å²) in [6.07, 6.45) is 4.28. The third kappa shape index (κ3) is 1.87. The largest absolute Gasteiger partial charge is 0.371 e. The number of halogens is 1. The molecular formula is C12H14FNO. The first kappa shape index (κ1) is 10.1. The van der Waals surface area contributed by atoms with E-state index in [1.165, 1.54) is 18.6 Å². The Bertz CT molecular complexity index is 374. The van der Waals surface area contributed by atoms with Crippen LogP contribution in [0.1, 0.15) is 29.6 Å². The molecule has 0 aromatic heterocycles. The first-order chi connectivity index (χ1) is 7.22. The lowest BCUT2D eigenvalue weighted by Crippen LogP contribution is -2.37. The van der Waals surface area contributed by atoms with Gasteiger partial charge in [-0.1, -0.05) is 0 Å². The molecule has 0 radical (unpaired) electrons. The van der Waals surface area contributed by atoms with Gasteiger partial charge in [0.25, 0.3) is 0 Å². The molecule has 0 unspecified atom stereocenters. The third-order valence-electron chi connectivity index (χ3n) is 3.12. The van der Waals surface area contributed by atoms with Crippen LogP contribution in [0.4, 0.5) is 10.1 Å². The monoisotopic (exact) mass is 207 g/mol. The maximum atomic E-state index is 12.9. The van der Waals surface area contributed by atoms with Gasteiger partial charge in [0.15, 0.2) is 6.29 Å². The maximum Gasteiger partial charge on any atom is 0.152 e. The predicted molar refractivity (Wildman–Crippen MR) is 57.8 cm³/mol. The fraction of sp³-hybridized carbons (Fsp3) is 0.417. The molecule has 0 heterocycles. The van der Waals surface area contributed by atoms with Gasteiger partial charge in [0.05, 0.1) is 0 Å². The van der Waals surface area contributed by atoms with E-state index in [4.69, 9.17) is 0 Å². The molecule has 0 saturated heterocycles. The van der Waals surface area contributed by atoms with Crippen LogP contribution in [0.15, 0.2) is 18.2 Å². The number of nitrogens with zero attached hydrogens (tertiary/aromatic N) is 1. The van der Waals surface area contributed by atoms with Crippen molar-refractivity contribution in [2.75, 3.05) is 11.9 Å². The quantitative estimate of drug-likeness (QED) is 0.710. The third-order valence-corrected chi connectivity index (χ3v) is 3.12. The van der Waals surface area contributed by atoms with E-state index >= 15 is 0 Å². The van der Waals surface area contributed by atoms with Gasteiger partial charge in [-0.25, -0.2) is 4.39 Å². The molecule has 0 amide bonds. The highest BCUT2D eigenvalue weighted by Gasteiger charge is 2.23. The Hall–Kier alpha value is -1.38. The average molecular weight is 207 g/mol. The number of rotatable bonds is 3. The summed E-state index contributed by atoms with van der Waals surface area (Å²) in [5.41, 5.74) is 1.26. The van der Waals surface area contributed by atoms with Crippen molar-refractivity contribution in [2.45, 2.75) is 25.3 Å². The fourth-order valence-corrected chi connectivity index (χ4v) is 1.91. The molecule has 0 spiro atoms. The van der Waals surface area contributed by atoms with Crippen molar-refractivity contribution in [3.05, 3.63) is 29.6 Å². The number of benzene rings is 1. The van der Waals surface area contributed by atoms with Crippen molar-refractivity contribution < 1.29 is 9.18 Å². The summed E-state index contributed by atoms with van der Waals surface area (Å²) in [6, 6.07) is 4.88. The lowest BCUT2D eigenvalue weighted by molar-refractivity contribution is 0.112.